The van der Waals surface area contributed by atoms with Crippen molar-refractivity contribution in [1.82, 2.24) is 9.88 Å². The lowest BCUT2D eigenvalue weighted by atomic mass is 10.1. The van der Waals surface area contributed by atoms with Crippen LogP contribution >= 0.6 is 0 Å². The third-order valence-corrected chi connectivity index (χ3v) is 4.81. The van der Waals surface area contributed by atoms with E-state index in [4.69, 9.17) is 4.98 Å². The van der Waals surface area contributed by atoms with Gasteiger partial charge < -0.3 is 4.90 Å². The van der Waals surface area contributed by atoms with Crippen LogP contribution in [0.4, 0.5) is 11.5 Å². The summed E-state index contributed by atoms with van der Waals surface area (Å²) < 4.78 is 0. The van der Waals surface area contributed by atoms with Gasteiger partial charge in [-0.05, 0) is 56.1 Å². The van der Waals surface area contributed by atoms with Crippen LogP contribution in [0.15, 0.2) is 48.7 Å². The highest BCUT2D eigenvalue weighted by molar-refractivity contribution is 5.58. The first-order valence-electron chi connectivity index (χ1n) is 8.78. The summed E-state index contributed by atoms with van der Waals surface area (Å²) in [5.41, 5.74) is 2.53. The lowest BCUT2D eigenvalue weighted by molar-refractivity contribution is 0.253. The Labute approximate surface area is 140 Å². The monoisotopic (exact) mass is 309 g/mol. The fraction of sp³-hybridized carbons (Fsp3) is 0.450. The molecule has 1 aliphatic heterocycles. The zero-order valence-electron chi connectivity index (χ0n) is 14.3. The van der Waals surface area contributed by atoms with E-state index in [0.29, 0.717) is 6.04 Å². The highest BCUT2D eigenvalue weighted by Gasteiger charge is 2.25. The summed E-state index contributed by atoms with van der Waals surface area (Å²) in [5, 5.41) is 0. The van der Waals surface area contributed by atoms with Crippen molar-refractivity contribution < 1.29 is 0 Å². The lowest BCUT2D eigenvalue weighted by Crippen LogP contribution is -2.24. The number of likely N-dealkylation sites (tertiary alicyclic amines) is 1. The molecule has 2 aromatic rings. The van der Waals surface area contributed by atoms with Gasteiger partial charge in [-0.1, -0.05) is 37.6 Å². The summed E-state index contributed by atoms with van der Waals surface area (Å²) in [5.74, 6) is 0.998. The fourth-order valence-corrected chi connectivity index (χ4v) is 3.41. The van der Waals surface area contributed by atoms with Gasteiger partial charge in [0.25, 0.3) is 0 Å². The zero-order valence-corrected chi connectivity index (χ0v) is 14.3. The second-order valence-electron chi connectivity index (χ2n) is 6.39. The second kappa shape index (κ2) is 7.60. The Kier molecular flexibility index (Phi) is 5.29. The Bertz CT molecular complexity index is 594. The number of hydrogen-bond donors (Lipinski definition) is 0. The molecule has 0 amide bonds. The molecular weight excluding hydrogens is 282 g/mol. The van der Waals surface area contributed by atoms with Gasteiger partial charge in [0, 0.05) is 25.0 Å². The molecule has 1 unspecified atom stereocenters. The van der Waals surface area contributed by atoms with Gasteiger partial charge in [0.05, 0.1) is 0 Å². The van der Waals surface area contributed by atoms with E-state index in [1.54, 1.807) is 0 Å². The molecule has 1 saturated heterocycles. The molecule has 0 bridgehead atoms. The number of pyridine rings is 1. The molecule has 0 spiro atoms. The molecule has 1 atom stereocenters. The Morgan fingerprint density at radius 3 is 2.70 bits per heavy atom. The van der Waals surface area contributed by atoms with Crippen LogP contribution in [0.2, 0.25) is 0 Å². The predicted octanol–water partition coefficient (Wildman–Crippen LogP) is 4.79. The highest BCUT2D eigenvalue weighted by atomic mass is 15.2. The van der Waals surface area contributed by atoms with E-state index >= 15 is 0 Å². The molecule has 2 heterocycles. The van der Waals surface area contributed by atoms with E-state index in [1.807, 2.05) is 6.07 Å². The number of hydrogen-bond acceptors (Lipinski definition) is 3. The standard InChI is InChI=1S/C20H27N3/c1-3-4-14-23-15-8-11-19(23)17-12-13-20(21-16-17)22(2)18-9-6-5-7-10-18/h5-7,9-10,12-13,16,19H,3-4,8,11,14-15H2,1-2H3. The van der Waals surface area contributed by atoms with E-state index in [1.165, 1.54) is 44.3 Å². The smallest absolute Gasteiger partial charge is 0.132 e. The fourth-order valence-electron chi connectivity index (χ4n) is 3.41. The van der Waals surface area contributed by atoms with Crippen LogP contribution in [-0.4, -0.2) is 30.0 Å². The molecule has 0 radical (unpaired) electrons. The van der Waals surface area contributed by atoms with Crippen LogP contribution in [0.1, 0.15) is 44.2 Å². The van der Waals surface area contributed by atoms with Crippen molar-refractivity contribution in [2.24, 2.45) is 0 Å². The molecule has 1 aromatic heterocycles. The van der Waals surface area contributed by atoms with Crippen LogP contribution in [0.5, 0.6) is 0 Å². The van der Waals surface area contributed by atoms with Crippen LogP contribution in [-0.2, 0) is 0 Å². The van der Waals surface area contributed by atoms with Gasteiger partial charge in [-0.15, -0.1) is 0 Å². The molecule has 3 rings (SSSR count). The van der Waals surface area contributed by atoms with Crippen LogP contribution < -0.4 is 4.90 Å². The molecular formula is C20H27N3. The van der Waals surface area contributed by atoms with Crippen molar-refractivity contribution in [3.63, 3.8) is 0 Å². The molecule has 0 N–H and O–H groups in total. The Morgan fingerprint density at radius 2 is 2.00 bits per heavy atom. The number of unbranched alkanes of at least 4 members (excludes halogenated alkanes) is 1. The SMILES string of the molecule is CCCCN1CCCC1c1ccc(N(C)c2ccccc2)nc1. The average Bonchev–Trinajstić information content (AvgIpc) is 3.08. The average molecular weight is 309 g/mol. The van der Waals surface area contributed by atoms with Gasteiger partial charge in [-0.3, -0.25) is 4.90 Å². The summed E-state index contributed by atoms with van der Waals surface area (Å²) in [4.78, 5) is 9.47. The number of anilines is 2. The molecule has 122 valence electrons. The summed E-state index contributed by atoms with van der Waals surface area (Å²) in [6.07, 6.45) is 7.20. The van der Waals surface area contributed by atoms with E-state index < -0.39 is 0 Å². The summed E-state index contributed by atoms with van der Waals surface area (Å²) in [7, 11) is 2.07. The van der Waals surface area contributed by atoms with Gasteiger partial charge in [0.2, 0.25) is 0 Å². The largest absolute Gasteiger partial charge is 0.329 e. The van der Waals surface area contributed by atoms with E-state index in [0.717, 1.165) is 11.5 Å². The lowest BCUT2D eigenvalue weighted by Gasteiger charge is -2.25. The maximum Gasteiger partial charge on any atom is 0.132 e. The maximum absolute atomic E-state index is 4.71. The van der Waals surface area contributed by atoms with Gasteiger partial charge >= 0.3 is 0 Å². The first-order valence-corrected chi connectivity index (χ1v) is 8.78. The summed E-state index contributed by atoms with van der Waals surface area (Å²) in [6.45, 7) is 4.71. The Balaban J connectivity index is 1.72. The minimum atomic E-state index is 0.560. The summed E-state index contributed by atoms with van der Waals surface area (Å²) >= 11 is 0. The highest BCUT2D eigenvalue weighted by Crippen LogP contribution is 2.32. The van der Waals surface area contributed by atoms with Gasteiger partial charge in [0.15, 0.2) is 0 Å². The van der Waals surface area contributed by atoms with Crippen LogP contribution in [0.3, 0.4) is 0 Å². The second-order valence-corrected chi connectivity index (χ2v) is 6.39. The third-order valence-electron chi connectivity index (χ3n) is 4.81. The Morgan fingerprint density at radius 1 is 1.17 bits per heavy atom. The van der Waals surface area contributed by atoms with Crippen molar-refractivity contribution in [1.29, 1.82) is 0 Å². The normalized spacial score (nSPS) is 18.3. The molecule has 3 nitrogen and oxygen atoms in total. The van der Waals surface area contributed by atoms with Crippen molar-refractivity contribution in [2.75, 3.05) is 25.0 Å². The van der Waals surface area contributed by atoms with Crippen LogP contribution in [0.25, 0.3) is 0 Å². The molecule has 0 aliphatic carbocycles. The minimum Gasteiger partial charge on any atom is -0.329 e. The molecule has 1 aliphatic rings. The molecule has 0 saturated carbocycles. The third kappa shape index (κ3) is 3.73. The molecule has 1 fully saturated rings. The van der Waals surface area contributed by atoms with Gasteiger partial charge in [-0.2, -0.15) is 0 Å². The first kappa shape index (κ1) is 16.0. The quantitative estimate of drug-likeness (QED) is 0.765. The number of benzene rings is 1. The van der Waals surface area contributed by atoms with E-state index in [-0.39, 0.29) is 0 Å². The van der Waals surface area contributed by atoms with Crippen LogP contribution in [0, 0.1) is 0 Å². The van der Waals surface area contributed by atoms with Gasteiger partial charge in [0.1, 0.15) is 5.82 Å². The van der Waals surface area contributed by atoms with Crippen molar-refractivity contribution in [3.05, 3.63) is 54.2 Å². The van der Waals surface area contributed by atoms with Crippen molar-refractivity contribution >= 4 is 11.5 Å². The molecule has 23 heavy (non-hydrogen) atoms. The van der Waals surface area contributed by atoms with Gasteiger partial charge in [-0.25, -0.2) is 4.98 Å². The Hall–Kier alpha value is -1.87. The van der Waals surface area contributed by atoms with E-state index in [9.17, 15) is 0 Å². The van der Waals surface area contributed by atoms with E-state index in [2.05, 4.69) is 66.4 Å². The van der Waals surface area contributed by atoms with Crippen molar-refractivity contribution in [3.8, 4) is 0 Å². The topological polar surface area (TPSA) is 19.4 Å². The molecule has 3 heteroatoms. The molecule has 1 aromatic carbocycles. The number of para-hydroxylation sites is 1. The summed E-state index contributed by atoms with van der Waals surface area (Å²) in [6, 6.07) is 15.4. The number of nitrogens with zero attached hydrogens (tertiary/aromatic N) is 3. The minimum absolute atomic E-state index is 0.560. The number of rotatable bonds is 6. The van der Waals surface area contributed by atoms with Crippen molar-refractivity contribution in [2.45, 2.75) is 38.6 Å². The first-order chi connectivity index (χ1) is 11.3. The predicted molar refractivity (Wildman–Crippen MR) is 97.2 cm³/mol. The number of aromatic nitrogens is 1. The maximum atomic E-state index is 4.71. The zero-order chi connectivity index (χ0) is 16.1.